The zero-order chi connectivity index (χ0) is 14.3. The van der Waals surface area contributed by atoms with Gasteiger partial charge in [0.15, 0.2) is 0 Å². The van der Waals surface area contributed by atoms with Gasteiger partial charge in [-0.25, -0.2) is 5.01 Å². The number of carbonyl (C=O) groups excluding carboxylic acids is 1. The highest BCUT2D eigenvalue weighted by molar-refractivity contribution is 6.13. The summed E-state index contributed by atoms with van der Waals surface area (Å²) in [5, 5.41) is 10.5. The summed E-state index contributed by atoms with van der Waals surface area (Å²) in [5.41, 5.74) is 2.22. The second-order valence-electron chi connectivity index (χ2n) is 6.76. The second-order valence-corrected chi connectivity index (χ2v) is 6.76. The Morgan fingerprint density at radius 3 is 2.60 bits per heavy atom. The molecule has 3 rings (SSSR count). The fourth-order valence-electron chi connectivity index (χ4n) is 3.09. The monoisotopic (exact) mass is 274 g/mol. The minimum atomic E-state index is 0.133. The van der Waals surface area contributed by atoms with Crippen molar-refractivity contribution in [1.29, 1.82) is 0 Å². The van der Waals surface area contributed by atoms with Gasteiger partial charge in [-0.15, -0.1) is 0 Å². The van der Waals surface area contributed by atoms with Gasteiger partial charge < -0.3 is 0 Å². The van der Waals surface area contributed by atoms with Crippen molar-refractivity contribution in [2.24, 2.45) is 17.6 Å². The first-order chi connectivity index (χ1) is 9.44. The van der Waals surface area contributed by atoms with Crippen molar-refractivity contribution in [2.45, 2.75) is 52.0 Å². The lowest BCUT2D eigenvalue weighted by Crippen LogP contribution is -2.37. The lowest BCUT2D eigenvalue weighted by molar-refractivity contribution is -0.131. The molecule has 5 heteroatoms. The molecule has 5 nitrogen and oxygen atoms in total. The third-order valence-electron chi connectivity index (χ3n) is 4.50. The van der Waals surface area contributed by atoms with Gasteiger partial charge in [0.25, 0.3) is 0 Å². The molecular formula is C15H22N4O. The van der Waals surface area contributed by atoms with E-state index < -0.39 is 0 Å². The number of hydrazone groups is 1. The Morgan fingerprint density at radius 1 is 1.30 bits per heavy atom. The van der Waals surface area contributed by atoms with Crippen molar-refractivity contribution in [3.63, 3.8) is 0 Å². The number of hydrogen-bond donors (Lipinski definition) is 0. The SMILES string of the molecule is Cn1cc(C2=NN(C3CCC(C)(C)CC3)C(=O)C2)cn1. The molecule has 0 saturated heterocycles. The number of aromatic nitrogens is 2. The molecule has 0 bridgehead atoms. The van der Waals surface area contributed by atoms with E-state index in [1.165, 1.54) is 12.8 Å². The predicted molar refractivity (Wildman–Crippen MR) is 77.2 cm³/mol. The molecule has 1 aromatic rings. The largest absolute Gasteiger partial charge is 0.275 e. The van der Waals surface area contributed by atoms with Gasteiger partial charge in [0.2, 0.25) is 5.91 Å². The number of aryl methyl sites for hydroxylation is 1. The van der Waals surface area contributed by atoms with Crippen molar-refractivity contribution < 1.29 is 4.79 Å². The predicted octanol–water partition coefficient (Wildman–Crippen LogP) is 2.33. The van der Waals surface area contributed by atoms with Crippen LogP contribution in [0.5, 0.6) is 0 Å². The van der Waals surface area contributed by atoms with Crippen LogP contribution in [0.15, 0.2) is 17.5 Å². The van der Waals surface area contributed by atoms with E-state index in [-0.39, 0.29) is 11.9 Å². The molecule has 0 N–H and O–H groups in total. The Hall–Kier alpha value is -1.65. The maximum absolute atomic E-state index is 12.2. The highest BCUT2D eigenvalue weighted by Crippen LogP contribution is 2.38. The van der Waals surface area contributed by atoms with Gasteiger partial charge >= 0.3 is 0 Å². The smallest absolute Gasteiger partial charge is 0.249 e. The second kappa shape index (κ2) is 4.72. The van der Waals surface area contributed by atoms with Crippen LogP contribution in [0.3, 0.4) is 0 Å². The summed E-state index contributed by atoms with van der Waals surface area (Å²) in [6.45, 7) is 4.61. The van der Waals surface area contributed by atoms with Crippen LogP contribution in [0.1, 0.15) is 51.5 Å². The van der Waals surface area contributed by atoms with E-state index in [1.54, 1.807) is 15.9 Å². The Bertz CT molecular complexity index is 548. The minimum absolute atomic E-state index is 0.133. The maximum Gasteiger partial charge on any atom is 0.249 e. The molecule has 1 aliphatic heterocycles. The normalized spacial score (nSPS) is 23.2. The van der Waals surface area contributed by atoms with Crippen molar-refractivity contribution in [2.75, 3.05) is 0 Å². The van der Waals surface area contributed by atoms with Crippen molar-refractivity contribution in [1.82, 2.24) is 14.8 Å². The van der Waals surface area contributed by atoms with Gasteiger partial charge in [0.1, 0.15) is 0 Å². The van der Waals surface area contributed by atoms with E-state index in [2.05, 4.69) is 24.0 Å². The molecular weight excluding hydrogens is 252 g/mol. The summed E-state index contributed by atoms with van der Waals surface area (Å²) in [6, 6.07) is 0.282. The van der Waals surface area contributed by atoms with Gasteiger partial charge in [0.05, 0.1) is 24.4 Å². The topological polar surface area (TPSA) is 50.5 Å². The summed E-state index contributed by atoms with van der Waals surface area (Å²) in [6.07, 6.45) is 8.55. The Labute approximate surface area is 119 Å². The molecule has 0 unspecified atom stereocenters. The molecule has 1 aliphatic carbocycles. The molecule has 2 aliphatic rings. The van der Waals surface area contributed by atoms with Crippen LogP contribution in [0.25, 0.3) is 0 Å². The molecule has 0 atom stereocenters. The molecule has 1 fully saturated rings. The quantitative estimate of drug-likeness (QED) is 0.831. The third kappa shape index (κ3) is 2.49. The molecule has 108 valence electrons. The average Bonchev–Trinajstić information content (AvgIpc) is 2.96. The van der Waals surface area contributed by atoms with E-state index >= 15 is 0 Å². The summed E-state index contributed by atoms with van der Waals surface area (Å²) < 4.78 is 1.74. The summed E-state index contributed by atoms with van der Waals surface area (Å²) >= 11 is 0. The van der Waals surface area contributed by atoms with Crippen LogP contribution in [-0.4, -0.2) is 32.5 Å². The van der Waals surface area contributed by atoms with Crippen molar-refractivity contribution in [3.8, 4) is 0 Å². The fourth-order valence-corrected chi connectivity index (χ4v) is 3.09. The maximum atomic E-state index is 12.2. The Balaban J connectivity index is 1.74. The lowest BCUT2D eigenvalue weighted by Gasteiger charge is -2.36. The average molecular weight is 274 g/mol. The Morgan fingerprint density at radius 2 is 2.00 bits per heavy atom. The first-order valence-corrected chi connectivity index (χ1v) is 7.33. The van der Waals surface area contributed by atoms with E-state index in [9.17, 15) is 4.79 Å². The summed E-state index contributed by atoms with van der Waals surface area (Å²) in [7, 11) is 1.88. The van der Waals surface area contributed by atoms with E-state index in [1.807, 2.05) is 13.2 Å². The van der Waals surface area contributed by atoms with Crippen LogP contribution < -0.4 is 0 Å². The zero-order valence-corrected chi connectivity index (χ0v) is 12.5. The van der Waals surface area contributed by atoms with Gasteiger partial charge in [0, 0.05) is 18.8 Å². The molecule has 2 heterocycles. The fraction of sp³-hybridized carbons (Fsp3) is 0.667. The molecule has 1 aromatic heterocycles. The molecule has 1 saturated carbocycles. The zero-order valence-electron chi connectivity index (χ0n) is 12.5. The van der Waals surface area contributed by atoms with E-state index in [4.69, 9.17) is 0 Å². The standard InChI is InChI=1S/C15H22N4O/c1-15(2)6-4-12(5-7-15)19-14(20)8-13(17-19)11-9-16-18(3)10-11/h9-10,12H,4-8H2,1-3H3. The van der Waals surface area contributed by atoms with Crippen LogP contribution in [0.4, 0.5) is 0 Å². The molecule has 0 spiro atoms. The summed E-state index contributed by atoms with van der Waals surface area (Å²) in [5.74, 6) is 0.133. The first-order valence-electron chi connectivity index (χ1n) is 7.33. The van der Waals surface area contributed by atoms with Crippen LogP contribution in [-0.2, 0) is 11.8 Å². The number of carbonyl (C=O) groups is 1. The number of amides is 1. The van der Waals surface area contributed by atoms with Gasteiger partial charge in [-0.2, -0.15) is 10.2 Å². The van der Waals surface area contributed by atoms with E-state index in [0.717, 1.165) is 24.1 Å². The molecule has 0 radical (unpaired) electrons. The van der Waals surface area contributed by atoms with E-state index in [0.29, 0.717) is 11.8 Å². The summed E-state index contributed by atoms with van der Waals surface area (Å²) in [4.78, 5) is 12.2. The third-order valence-corrected chi connectivity index (χ3v) is 4.50. The highest BCUT2D eigenvalue weighted by atomic mass is 16.2. The van der Waals surface area contributed by atoms with Gasteiger partial charge in [-0.05, 0) is 31.1 Å². The minimum Gasteiger partial charge on any atom is -0.275 e. The van der Waals surface area contributed by atoms with Crippen molar-refractivity contribution in [3.05, 3.63) is 18.0 Å². The van der Waals surface area contributed by atoms with Crippen LogP contribution >= 0.6 is 0 Å². The number of rotatable bonds is 2. The molecule has 1 amide bonds. The first kappa shape index (κ1) is 13.3. The van der Waals surface area contributed by atoms with Gasteiger partial charge in [-0.1, -0.05) is 13.8 Å². The number of hydrogen-bond acceptors (Lipinski definition) is 3. The highest BCUT2D eigenvalue weighted by Gasteiger charge is 2.35. The molecule has 20 heavy (non-hydrogen) atoms. The van der Waals surface area contributed by atoms with Gasteiger partial charge in [-0.3, -0.25) is 9.48 Å². The lowest BCUT2D eigenvalue weighted by atomic mass is 9.75. The Kier molecular flexibility index (Phi) is 3.15. The number of nitrogens with zero attached hydrogens (tertiary/aromatic N) is 4. The van der Waals surface area contributed by atoms with Crippen LogP contribution in [0.2, 0.25) is 0 Å². The van der Waals surface area contributed by atoms with Crippen molar-refractivity contribution >= 4 is 11.6 Å². The molecule has 0 aromatic carbocycles. The van der Waals surface area contributed by atoms with Crippen LogP contribution in [0, 0.1) is 5.41 Å².